The lowest BCUT2D eigenvalue weighted by Gasteiger charge is -2.08. The first-order valence-electron chi connectivity index (χ1n) is 5.25. The van der Waals surface area contributed by atoms with Gasteiger partial charge in [0.1, 0.15) is 5.82 Å². The van der Waals surface area contributed by atoms with Gasteiger partial charge in [-0.25, -0.2) is 4.39 Å². The monoisotopic (exact) mass is 264 g/mol. The number of rotatable bonds is 2. The molecule has 0 saturated carbocycles. The minimum absolute atomic E-state index is 0.125. The van der Waals surface area contributed by atoms with Crippen molar-refractivity contribution in [3.63, 3.8) is 0 Å². The average Bonchev–Trinajstić information content (AvgIpc) is 2.34. The Labute approximate surface area is 109 Å². The highest BCUT2D eigenvalue weighted by Gasteiger charge is 2.12. The van der Waals surface area contributed by atoms with E-state index < -0.39 is 11.7 Å². The molecule has 18 heavy (non-hydrogen) atoms. The Morgan fingerprint density at radius 3 is 2.89 bits per heavy atom. The van der Waals surface area contributed by atoms with Crippen LogP contribution in [0.25, 0.3) is 0 Å². The van der Waals surface area contributed by atoms with E-state index in [1.54, 1.807) is 12.1 Å². The molecule has 1 N–H and O–H groups in total. The lowest BCUT2D eigenvalue weighted by atomic mass is 10.2. The summed E-state index contributed by atoms with van der Waals surface area (Å²) in [7, 11) is 0. The predicted molar refractivity (Wildman–Crippen MR) is 68.3 cm³/mol. The summed E-state index contributed by atoms with van der Waals surface area (Å²) < 4.78 is 13.5. The Balaban J connectivity index is 2.27. The number of aryl methyl sites for hydroxylation is 1. The molecule has 0 atom stereocenters. The van der Waals surface area contributed by atoms with Gasteiger partial charge in [-0.1, -0.05) is 17.7 Å². The molecule has 1 amide bonds. The van der Waals surface area contributed by atoms with E-state index in [0.29, 0.717) is 0 Å². The van der Waals surface area contributed by atoms with Gasteiger partial charge in [0.2, 0.25) is 0 Å². The predicted octanol–water partition coefficient (Wildman–Crippen LogP) is 3.43. The SMILES string of the molecule is Cc1ccc(F)c(NC(=O)c2cnccc2Cl)c1. The number of carbonyl (C=O) groups is 1. The minimum Gasteiger partial charge on any atom is -0.319 e. The molecule has 2 aromatic rings. The van der Waals surface area contributed by atoms with E-state index in [0.717, 1.165) is 5.56 Å². The fourth-order valence-corrected chi connectivity index (χ4v) is 1.66. The summed E-state index contributed by atoms with van der Waals surface area (Å²) in [5.41, 5.74) is 1.18. The van der Waals surface area contributed by atoms with Gasteiger partial charge in [0, 0.05) is 12.4 Å². The first kappa shape index (κ1) is 12.5. The van der Waals surface area contributed by atoms with Crippen molar-refractivity contribution in [2.45, 2.75) is 6.92 Å². The standard InChI is InChI=1S/C13H10ClFN2O/c1-8-2-3-11(15)12(6-8)17-13(18)9-7-16-5-4-10(9)14/h2-7H,1H3,(H,17,18). The number of benzene rings is 1. The number of amides is 1. The zero-order chi connectivity index (χ0) is 13.1. The summed E-state index contributed by atoms with van der Waals surface area (Å²) in [4.78, 5) is 15.7. The molecular formula is C13H10ClFN2O. The maximum atomic E-state index is 13.5. The Bertz CT molecular complexity index is 601. The van der Waals surface area contributed by atoms with Crippen LogP contribution in [0, 0.1) is 12.7 Å². The summed E-state index contributed by atoms with van der Waals surface area (Å²) >= 11 is 5.86. The fourth-order valence-electron chi connectivity index (χ4n) is 1.47. The normalized spacial score (nSPS) is 10.2. The van der Waals surface area contributed by atoms with E-state index in [9.17, 15) is 9.18 Å². The number of carbonyl (C=O) groups excluding carboxylic acids is 1. The number of hydrogen-bond acceptors (Lipinski definition) is 2. The van der Waals surface area contributed by atoms with Gasteiger partial charge >= 0.3 is 0 Å². The van der Waals surface area contributed by atoms with Gasteiger partial charge in [-0.2, -0.15) is 0 Å². The quantitative estimate of drug-likeness (QED) is 0.903. The second kappa shape index (κ2) is 5.14. The summed E-state index contributed by atoms with van der Waals surface area (Å²) in [5, 5.41) is 2.74. The van der Waals surface area contributed by atoms with Gasteiger partial charge in [-0.15, -0.1) is 0 Å². The molecular weight excluding hydrogens is 255 g/mol. The average molecular weight is 265 g/mol. The molecule has 5 heteroatoms. The summed E-state index contributed by atoms with van der Waals surface area (Å²) in [5.74, 6) is -0.980. The number of nitrogens with one attached hydrogen (secondary N) is 1. The highest BCUT2D eigenvalue weighted by molar-refractivity contribution is 6.34. The second-order valence-electron chi connectivity index (χ2n) is 3.79. The molecule has 2 rings (SSSR count). The molecule has 1 aromatic carbocycles. The van der Waals surface area contributed by atoms with Crippen molar-refractivity contribution in [3.8, 4) is 0 Å². The maximum absolute atomic E-state index is 13.5. The molecule has 0 spiro atoms. The lowest BCUT2D eigenvalue weighted by molar-refractivity contribution is 0.102. The van der Waals surface area contributed by atoms with Crippen molar-refractivity contribution in [2.24, 2.45) is 0 Å². The zero-order valence-corrected chi connectivity index (χ0v) is 10.3. The van der Waals surface area contributed by atoms with E-state index in [4.69, 9.17) is 11.6 Å². The molecule has 1 aromatic heterocycles. The number of hydrogen-bond donors (Lipinski definition) is 1. The third-order valence-corrected chi connectivity index (χ3v) is 2.71. The molecule has 0 fully saturated rings. The Hall–Kier alpha value is -1.94. The van der Waals surface area contributed by atoms with E-state index in [2.05, 4.69) is 10.3 Å². The smallest absolute Gasteiger partial charge is 0.258 e. The largest absolute Gasteiger partial charge is 0.319 e. The van der Waals surface area contributed by atoms with Gasteiger partial charge in [-0.3, -0.25) is 9.78 Å². The Kier molecular flexibility index (Phi) is 3.58. The molecule has 0 aliphatic rings. The molecule has 1 heterocycles. The van der Waals surface area contributed by atoms with Crippen molar-refractivity contribution in [2.75, 3.05) is 5.32 Å². The van der Waals surface area contributed by atoms with Crippen LogP contribution in [0.1, 0.15) is 15.9 Å². The van der Waals surface area contributed by atoms with E-state index in [-0.39, 0.29) is 16.3 Å². The van der Waals surface area contributed by atoms with Crippen molar-refractivity contribution >= 4 is 23.2 Å². The fraction of sp³-hybridized carbons (Fsp3) is 0.0769. The topological polar surface area (TPSA) is 42.0 Å². The second-order valence-corrected chi connectivity index (χ2v) is 4.20. The van der Waals surface area contributed by atoms with E-state index in [1.165, 1.54) is 24.5 Å². The Morgan fingerprint density at radius 1 is 1.39 bits per heavy atom. The van der Waals surface area contributed by atoms with Crippen LogP contribution >= 0.6 is 11.6 Å². The van der Waals surface area contributed by atoms with Crippen molar-refractivity contribution < 1.29 is 9.18 Å². The van der Waals surface area contributed by atoms with E-state index >= 15 is 0 Å². The summed E-state index contributed by atoms with van der Waals surface area (Å²) in [6.45, 7) is 1.81. The van der Waals surface area contributed by atoms with Crippen LogP contribution in [-0.2, 0) is 0 Å². The number of pyridine rings is 1. The van der Waals surface area contributed by atoms with Crippen molar-refractivity contribution in [1.29, 1.82) is 0 Å². The minimum atomic E-state index is -0.492. The van der Waals surface area contributed by atoms with Crippen LogP contribution in [0.2, 0.25) is 5.02 Å². The summed E-state index contributed by atoms with van der Waals surface area (Å²) in [6, 6.07) is 5.98. The molecule has 0 radical (unpaired) electrons. The summed E-state index contributed by atoms with van der Waals surface area (Å²) in [6.07, 6.45) is 2.82. The third-order valence-electron chi connectivity index (χ3n) is 2.38. The number of nitrogens with zero attached hydrogens (tertiary/aromatic N) is 1. The molecule has 0 unspecified atom stereocenters. The van der Waals surface area contributed by atoms with Gasteiger partial charge in [0.05, 0.1) is 16.3 Å². The van der Waals surface area contributed by atoms with Crippen molar-refractivity contribution in [3.05, 3.63) is 58.6 Å². The first-order valence-corrected chi connectivity index (χ1v) is 5.63. The Morgan fingerprint density at radius 2 is 2.17 bits per heavy atom. The van der Waals surface area contributed by atoms with Gasteiger partial charge < -0.3 is 5.32 Å². The van der Waals surface area contributed by atoms with Crippen LogP contribution in [0.15, 0.2) is 36.7 Å². The van der Waals surface area contributed by atoms with Crippen LogP contribution < -0.4 is 5.32 Å². The lowest BCUT2D eigenvalue weighted by Crippen LogP contribution is -2.14. The van der Waals surface area contributed by atoms with Crippen LogP contribution in [0.4, 0.5) is 10.1 Å². The molecule has 0 aliphatic carbocycles. The van der Waals surface area contributed by atoms with E-state index in [1.807, 2.05) is 6.92 Å². The molecule has 0 saturated heterocycles. The van der Waals surface area contributed by atoms with Crippen molar-refractivity contribution in [1.82, 2.24) is 4.98 Å². The first-order chi connectivity index (χ1) is 8.58. The van der Waals surface area contributed by atoms with Gasteiger partial charge in [-0.05, 0) is 30.7 Å². The van der Waals surface area contributed by atoms with Crippen LogP contribution in [-0.4, -0.2) is 10.9 Å². The van der Waals surface area contributed by atoms with Crippen LogP contribution in [0.3, 0.4) is 0 Å². The number of anilines is 1. The zero-order valence-electron chi connectivity index (χ0n) is 9.58. The van der Waals surface area contributed by atoms with Gasteiger partial charge in [0.15, 0.2) is 0 Å². The third kappa shape index (κ3) is 2.65. The molecule has 0 aliphatic heterocycles. The van der Waals surface area contributed by atoms with Gasteiger partial charge in [0.25, 0.3) is 5.91 Å². The highest BCUT2D eigenvalue weighted by atomic mass is 35.5. The van der Waals surface area contributed by atoms with Crippen LogP contribution in [0.5, 0.6) is 0 Å². The maximum Gasteiger partial charge on any atom is 0.258 e. The molecule has 92 valence electrons. The molecule has 3 nitrogen and oxygen atoms in total. The number of aromatic nitrogens is 1. The molecule has 0 bridgehead atoms. The highest BCUT2D eigenvalue weighted by Crippen LogP contribution is 2.19. The number of halogens is 2.